The Morgan fingerprint density at radius 1 is 1.20 bits per heavy atom. The van der Waals surface area contributed by atoms with Crippen molar-refractivity contribution in [2.45, 2.75) is 26.2 Å². The first-order valence-corrected chi connectivity index (χ1v) is 5.82. The lowest BCUT2D eigenvalue weighted by Crippen LogP contribution is -2.21. The van der Waals surface area contributed by atoms with Gasteiger partial charge in [0.15, 0.2) is 8.46 Å². The smallest absolute Gasteiger partial charge is 0.192 e. The molecule has 1 aromatic carbocycles. The van der Waals surface area contributed by atoms with Gasteiger partial charge in [0.1, 0.15) is 0 Å². The molecule has 0 aliphatic heterocycles. The fraction of sp³-hybridized carbons (Fsp3) is 0.500. The van der Waals surface area contributed by atoms with Crippen molar-refractivity contribution >= 4 is 19.5 Å². The molecule has 0 spiro atoms. The molecule has 0 aliphatic rings. The third kappa shape index (κ3) is 2.79. The monoisotopic (exact) mass is 223 g/mol. The number of nitrogens with zero attached hydrogens (tertiary/aromatic N) is 1. The van der Waals surface area contributed by atoms with Crippen molar-refractivity contribution in [1.82, 2.24) is 0 Å². The molecule has 0 saturated heterocycles. The summed E-state index contributed by atoms with van der Waals surface area (Å²) in [5.41, 5.74) is 2.32. The first-order chi connectivity index (χ1) is 6.86. The number of hydrogen-bond donors (Lipinski definition) is 0. The first kappa shape index (κ1) is 12.2. The Labute approximate surface area is 93.5 Å². The summed E-state index contributed by atoms with van der Waals surface area (Å²) >= 11 is 0. The van der Waals surface area contributed by atoms with Crippen LogP contribution in [0.1, 0.15) is 26.3 Å². The van der Waals surface area contributed by atoms with Gasteiger partial charge in [-0.2, -0.15) is 0 Å². The highest BCUT2D eigenvalue weighted by Crippen LogP contribution is 2.26. The van der Waals surface area contributed by atoms with Gasteiger partial charge >= 0.3 is 0 Å². The topological polar surface area (TPSA) is 20.3 Å². The van der Waals surface area contributed by atoms with Gasteiger partial charge in [-0.25, -0.2) is 0 Å². The van der Waals surface area contributed by atoms with Crippen LogP contribution >= 0.6 is 8.46 Å². The van der Waals surface area contributed by atoms with Crippen molar-refractivity contribution in [2.75, 3.05) is 19.0 Å². The maximum Gasteiger partial charge on any atom is 0.192 e. The quantitative estimate of drug-likeness (QED) is 0.718. The zero-order chi connectivity index (χ0) is 11.6. The molecule has 0 radical (unpaired) electrons. The van der Waals surface area contributed by atoms with Crippen LogP contribution in [0.15, 0.2) is 18.2 Å². The number of rotatable bonds is 2. The Morgan fingerprint density at radius 3 is 2.20 bits per heavy atom. The van der Waals surface area contributed by atoms with E-state index < -0.39 is 0 Å². The van der Waals surface area contributed by atoms with E-state index >= 15 is 0 Å². The van der Waals surface area contributed by atoms with Gasteiger partial charge in [-0.15, -0.1) is 0 Å². The SMILES string of the molecule is CN(C)c1ccc(P=O)c(C(C)(C)C)c1. The summed E-state index contributed by atoms with van der Waals surface area (Å²) in [5, 5.41) is 0.883. The molecule has 0 amide bonds. The number of anilines is 1. The highest BCUT2D eigenvalue weighted by Gasteiger charge is 2.18. The van der Waals surface area contributed by atoms with Gasteiger partial charge in [0.05, 0.1) is 0 Å². The molecule has 0 bridgehead atoms. The lowest BCUT2D eigenvalue weighted by Gasteiger charge is -2.23. The van der Waals surface area contributed by atoms with Crippen LogP contribution in [0.2, 0.25) is 0 Å². The minimum Gasteiger partial charge on any atom is -0.378 e. The van der Waals surface area contributed by atoms with E-state index in [1.807, 2.05) is 26.2 Å². The minimum atomic E-state index is 0.0266. The zero-order valence-electron chi connectivity index (χ0n) is 10.0. The van der Waals surface area contributed by atoms with E-state index in [9.17, 15) is 4.57 Å². The Bertz CT molecular complexity index is 366. The fourth-order valence-corrected chi connectivity index (χ4v) is 2.12. The van der Waals surface area contributed by atoms with Crippen LogP contribution in [0.3, 0.4) is 0 Å². The molecule has 2 nitrogen and oxygen atoms in total. The summed E-state index contributed by atoms with van der Waals surface area (Å²) in [5.74, 6) is 0. The van der Waals surface area contributed by atoms with Crippen molar-refractivity contribution in [3.8, 4) is 0 Å². The predicted molar refractivity (Wildman–Crippen MR) is 66.7 cm³/mol. The fourth-order valence-electron chi connectivity index (χ4n) is 1.48. The maximum absolute atomic E-state index is 11.0. The molecule has 0 saturated carbocycles. The zero-order valence-corrected chi connectivity index (χ0v) is 10.9. The Hall–Kier alpha value is -0.880. The van der Waals surface area contributed by atoms with E-state index in [1.165, 1.54) is 0 Å². The molecule has 0 unspecified atom stereocenters. The summed E-state index contributed by atoms with van der Waals surface area (Å²) in [6.45, 7) is 6.41. The molecule has 0 aliphatic carbocycles. The Morgan fingerprint density at radius 2 is 1.80 bits per heavy atom. The molecular formula is C12H18NOP. The van der Waals surface area contributed by atoms with E-state index in [0.29, 0.717) is 0 Å². The molecule has 0 N–H and O–H groups in total. The number of benzene rings is 1. The van der Waals surface area contributed by atoms with Crippen LogP contribution in [0.5, 0.6) is 0 Å². The van der Waals surface area contributed by atoms with Crippen molar-refractivity contribution in [1.29, 1.82) is 0 Å². The molecular weight excluding hydrogens is 205 g/mol. The standard InChI is InChI=1S/C12H18NOP/c1-12(2,3)10-8-9(13(4)5)6-7-11(10)15-14/h6-8H,1-5H3. The van der Waals surface area contributed by atoms with Crippen LogP contribution in [-0.2, 0) is 9.98 Å². The molecule has 82 valence electrons. The lowest BCUT2D eigenvalue weighted by atomic mass is 9.86. The van der Waals surface area contributed by atoms with Crippen LogP contribution in [0, 0.1) is 0 Å². The molecule has 15 heavy (non-hydrogen) atoms. The van der Waals surface area contributed by atoms with Crippen LogP contribution in [0.25, 0.3) is 0 Å². The summed E-state index contributed by atoms with van der Waals surface area (Å²) in [7, 11) is 4.12. The average Bonchev–Trinajstić information content (AvgIpc) is 2.15. The summed E-state index contributed by atoms with van der Waals surface area (Å²) in [6.07, 6.45) is 0. The Kier molecular flexibility index (Phi) is 3.51. The van der Waals surface area contributed by atoms with E-state index in [4.69, 9.17) is 0 Å². The number of hydrogen-bond acceptors (Lipinski definition) is 2. The van der Waals surface area contributed by atoms with Gasteiger partial charge in [-0.05, 0) is 29.2 Å². The van der Waals surface area contributed by atoms with Crippen molar-refractivity contribution in [3.63, 3.8) is 0 Å². The summed E-state index contributed by atoms with van der Waals surface area (Å²) in [4.78, 5) is 2.06. The Balaban J connectivity index is 3.32. The van der Waals surface area contributed by atoms with Gasteiger partial charge in [0.2, 0.25) is 0 Å². The van der Waals surface area contributed by atoms with Crippen LogP contribution < -0.4 is 10.2 Å². The van der Waals surface area contributed by atoms with Gasteiger partial charge < -0.3 is 4.90 Å². The van der Waals surface area contributed by atoms with Crippen molar-refractivity contribution in [2.24, 2.45) is 0 Å². The molecule has 3 heteroatoms. The van der Waals surface area contributed by atoms with Gasteiger partial charge in [-0.3, -0.25) is 4.57 Å². The van der Waals surface area contributed by atoms with Gasteiger partial charge in [-0.1, -0.05) is 20.8 Å². The molecule has 0 aromatic heterocycles. The van der Waals surface area contributed by atoms with E-state index in [2.05, 4.69) is 31.7 Å². The largest absolute Gasteiger partial charge is 0.378 e. The molecule has 1 aromatic rings. The molecule has 1 rings (SSSR count). The second kappa shape index (κ2) is 4.32. The average molecular weight is 223 g/mol. The third-order valence-corrected chi connectivity index (χ3v) is 2.99. The van der Waals surface area contributed by atoms with Gasteiger partial charge in [0.25, 0.3) is 0 Å². The summed E-state index contributed by atoms with van der Waals surface area (Å²) < 4.78 is 11.0. The second-order valence-corrected chi connectivity index (χ2v) is 5.60. The van der Waals surface area contributed by atoms with Crippen LogP contribution in [0.4, 0.5) is 5.69 Å². The lowest BCUT2D eigenvalue weighted by molar-refractivity contribution is 0.588. The molecule has 0 atom stereocenters. The van der Waals surface area contributed by atoms with Crippen LogP contribution in [-0.4, -0.2) is 14.1 Å². The maximum atomic E-state index is 11.0. The van der Waals surface area contributed by atoms with E-state index in [0.717, 1.165) is 16.6 Å². The summed E-state index contributed by atoms with van der Waals surface area (Å²) in [6, 6.07) is 6.04. The van der Waals surface area contributed by atoms with Crippen molar-refractivity contribution < 1.29 is 4.57 Å². The highest BCUT2D eigenvalue weighted by molar-refractivity contribution is 7.34. The second-order valence-electron chi connectivity index (χ2n) is 4.94. The third-order valence-electron chi connectivity index (χ3n) is 2.40. The van der Waals surface area contributed by atoms with Crippen molar-refractivity contribution in [3.05, 3.63) is 23.8 Å². The first-order valence-electron chi connectivity index (χ1n) is 5.01. The highest BCUT2D eigenvalue weighted by atomic mass is 31.1. The minimum absolute atomic E-state index is 0.0266. The normalized spacial score (nSPS) is 11.8. The van der Waals surface area contributed by atoms with E-state index in [-0.39, 0.29) is 13.9 Å². The molecule has 0 fully saturated rings. The predicted octanol–water partition coefficient (Wildman–Crippen LogP) is 2.97. The van der Waals surface area contributed by atoms with Gasteiger partial charge in [0, 0.05) is 25.1 Å². The molecule has 0 heterocycles. The van der Waals surface area contributed by atoms with E-state index in [1.54, 1.807) is 0 Å².